The second kappa shape index (κ2) is 7.42. The van der Waals surface area contributed by atoms with Crippen LogP contribution in [0.3, 0.4) is 0 Å². The number of aryl methyl sites for hydroxylation is 3. The van der Waals surface area contributed by atoms with E-state index in [9.17, 15) is 4.79 Å². The summed E-state index contributed by atoms with van der Waals surface area (Å²) < 4.78 is 3.71. The average Bonchev–Trinajstić information content (AvgIpc) is 3.10. The molecule has 21 heavy (non-hydrogen) atoms. The number of rotatable bonds is 7. The van der Waals surface area contributed by atoms with E-state index in [0.717, 1.165) is 30.6 Å². The van der Waals surface area contributed by atoms with E-state index in [1.54, 1.807) is 12.3 Å². The van der Waals surface area contributed by atoms with Gasteiger partial charge in [-0.15, -0.1) is 0 Å². The van der Waals surface area contributed by atoms with Gasteiger partial charge in [0.2, 0.25) is 5.91 Å². The summed E-state index contributed by atoms with van der Waals surface area (Å²) in [6.07, 6.45) is 11.6. The first-order chi connectivity index (χ1) is 10.2. The third-order valence-electron chi connectivity index (χ3n) is 3.03. The zero-order valence-electron chi connectivity index (χ0n) is 12.5. The van der Waals surface area contributed by atoms with Gasteiger partial charge in [-0.1, -0.05) is 0 Å². The second-order valence-corrected chi connectivity index (χ2v) is 4.89. The number of carbonyl (C=O) groups excluding carboxylic acids is 1. The topological polar surface area (TPSA) is 64.7 Å². The Balaban J connectivity index is 1.67. The van der Waals surface area contributed by atoms with Crippen LogP contribution in [0.25, 0.3) is 6.08 Å². The Hall–Kier alpha value is -2.37. The molecule has 0 aliphatic heterocycles. The first kappa shape index (κ1) is 15.0. The summed E-state index contributed by atoms with van der Waals surface area (Å²) in [5.41, 5.74) is 2.08. The highest BCUT2D eigenvalue weighted by Gasteiger charge is 1.98. The monoisotopic (exact) mass is 287 g/mol. The van der Waals surface area contributed by atoms with Crippen molar-refractivity contribution in [2.75, 3.05) is 6.54 Å². The highest BCUT2D eigenvalue weighted by Crippen LogP contribution is 2.00. The lowest BCUT2D eigenvalue weighted by atomic mass is 10.3. The molecule has 0 saturated heterocycles. The van der Waals surface area contributed by atoms with Crippen molar-refractivity contribution in [3.8, 4) is 0 Å². The molecule has 2 heterocycles. The molecule has 2 aromatic rings. The van der Waals surface area contributed by atoms with Gasteiger partial charge in [0.05, 0.1) is 12.4 Å². The Morgan fingerprint density at radius 3 is 2.76 bits per heavy atom. The van der Waals surface area contributed by atoms with Crippen molar-refractivity contribution in [3.05, 3.63) is 42.0 Å². The number of amides is 1. The molecule has 6 nitrogen and oxygen atoms in total. The van der Waals surface area contributed by atoms with Gasteiger partial charge in [-0.25, -0.2) is 0 Å². The minimum absolute atomic E-state index is 0.0871. The Bertz CT molecular complexity index is 611. The number of hydrogen-bond donors (Lipinski definition) is 1. The van der Waals surface area contributed by atoms with E-state index in [0.29, 0.717) is 6.54 Å². The summed E-state index contributed by atoms with van der Waals surface area (Å²) in [6.45, 7) is 6.30. The van der Waals surface area contributed by atoms with Crippen LogP contribution in [0.2, 0.25) is 0 Å². The van der Waals surface area contributed by atoms with Crippen LogP contribution in [0.4, 0.5) is 0 Å². The van der Waals surface area contributed by atoms with Gasteiger partial charge < -0.3 is 5.32 Å². The van der Waals surface area contributed by atoms with E-state index in [1.165, 1.54) is 6.08 Å². The molecule has 0 aromatic carbocycles. The molecule has 0 radical (unpaired) electrons. The molecule has 1 amide bonds. The minimum atomic E-state index is -0.0871. The van der Waals surface area contributed by atoms with Crippen LogP contribution < -0.4 is 5.32 Å². The second-order valence-electron chi connectivity index (χ2n) is 4.89. The fraction of sp³-hybridized carbons (Fsp3) is 0.400. The van der Waals surface area contributed by atoms with Gasteiger partial charge in [0.1, 0.15) is 0 Å². The zero-order valence-corrected chi connectivity index (χ0v) is 12.5. The van der Waals surface area contributed by atoms with Crippen LogP contribution in [0, 0.1) is 6.92 Å². The summed E-state index contributed by atoms with van der Waals surface area (Å²) in [5, 5.41) is 11.2. The molecule has 1 N–H and O–H groups in total. The maximum Gasteiger partial charge on any atom is 0.244 e. The van der Waals surface area contributed by atoms with E-state index in [-0.39, 0.29) is 5.91 Å². The predicted octanol–water partition coefficient (Wildman–Crippen LogP) is 1.63. The third-order valence-corrected chi connectivity index (χ3v) is 3.03. The molecule has 6 heteroatoms. The maximum absolute atomic E-state index is 11.7. The number of carbonyl (C=O) groups is 1. The normalized spacial score (nSPS) is 11.1. The lowest BCUT2D eigenvalue weighted by molar-refractivity contribution is -0.116. The smallest absolute Gasteiger partial charge is 0.244 e. The van der Waals surface area contributed by atoms with Crippen LogP contribution >= 0.6 is 0 Å². The molecular weight excluding hydrogens is 266 g/mol. The third kappa shape index (κ3) is 4.91. The molecule has 0 bridgehead atoms. The largest absolute Gasteiger partial charge is 0.352 e. The minimum Gasteiger partial charge on any atom is -0.352 e. The molecule has 0 aliphatic carbocycles. The average molecular weight is 287 g/mol. The van der Waals surface area contributed by atoms with Crippen LogP contribution in [0.5, 0.6) is 0 Å². The van der Waals surface area contributed by atoms with E-state index in [1.807, 2.05) is 41.8 Å². The van der Waals surface area contributed by atoms with Crippen molar-refractivity contribution in [1.82, 2.24) is 24.9 Å². The van der Waals surface area contributed by atoms with Gasteiger partial charge in [-0.2, -0.15) is 10.2 Å². The fourth-order valence-electron chi connectivity index (χ4n) is 1.91. The summed E-state index contributed by atoms with van der Waals surface area (Å²) in [4.78, 5) is 11.7. The number of nitrogens with zero attached hydrogens (tertiary/aromatic N) is 4. The summed E-state index contributed by atoms with van der Waals surface area (Å²) in [6, 6.07) is 0. The van der Waals surface area contributed by atoms with Crippen LogP contribution in [-0.4, -0.2) is 32.0 Å². The van der Waals surface area contributed by atoms with Crippen molar-refractivity contribution < 1.29 is 4.79 Å². The number of aromatic nitrogens is 4. The van der Waals surface area contributed by atoms with Crippen molar-refractivity contribution in [1.29, 1.82) is 0 Å². The van der Waals surface area contributed by atoms with E-state index < -0.39 is 0 Å². The molecule has 0 fully saturated rings. The molecule has 112 valence electrons. The Morgan fingerprint density at radius 2 is 2.10 bits per heavy atom. The van der Waals surface area contributed by atoms with Crippen LogP contribution in [0.1, 0.15) is 24.5 Å². The zero-order chi connectivity index (χ0) is 15.1. The van der Waals surface area contributed by atoms with Gasteiger partial charge in [-0.3, -0.25) is 14.2 Å². The van der Waals surface area contributed by atoms with Gasteiger partial charge >= 0.3 is 0 Å². The maximum atomic E-state index is 11.7. The molecule has 2 rings (SSSR count). The Labute approximate surface area is 124 Å². The first-order valence-electron chi connectivity index (χ1n) is 7.15. The summed E-state index contributed by atoms with van der Waals surface area (Å²) in [7, 11) is 0. The van der Waals surface area contributed by atoms with Crippen molar-refractivity contribution in [2.45, 2.75) is 33.4 Å². The number of hydrogen-bond acceptors (Lipinski definition) is 3. The SMILES string of the molecule is CCn1cc(/C=C/C(=O)NCCCn2cc(C)cn2)cn1. The highest BCUT2D eigenvalue weighted by molar-refractivity contribution is 5.91. The van der Waals surface area contributed by atoms with Crippen molar-refractivity contribution in [3.63, 3.8) is 0 Å². The Kier molecular flexibility index (Phi) is 5.31. The first-order valence-corrected chi connectivity index (χ1v) is 7.15. The molecule has 0 unspecified atom stereocenters. The van der Waals surface area contributed by atoms with Gasteiger partial charge in [0.15, 0.2) is 0 Å². The van der Waals surface area contributed by atoms with Crippen LogP contribution in [-0.2, 0) is 17.9 Å². The molecular formula is C15H21N5O. The number of nitrogens with one attached hydrogen (secondary N) is 1. The molecule has 0 spiro atoms. The van der Waals surface area contributed by atoms with E-state index in [2.05, 4.69) is 15.5 Å². The van der Waals surface area contributed by atoms with Crippen LogP contribution in [0.15, 0.2) is 30.9 Å². The van der Waals surface area contributed by atoms with Gasteiger partial charge in [-0.05, 0) is 31.9 Å². The summed E-state index contributed by atoms with van der Waals surface area (Å²) >= 11 is 0. The predicted molar refractivity (Wildman–Crippen MR) is 81.5 cm³/mol. The summed E-state index contributed by atoms with van der Waals surface area (Å²) in [5.74, 6) is -0.0871. The fourth-order valence-corrected chi connectivity index (χ4v) is 1.91. The molecule has 0 atom stereocenters. The van der Waals surface area contributed by atoms with Gasteiger partial charge in [0, 0.05) is 43.7 Å². The Morgan fingerprint density at radius 1 is 1.29 bits per heavy atom. The quantitative estimate of drug-likeness (QED) is 0.622. The molecule has 0 saturated carbocycles. The molecule has 0 aliphatic rings. The van der Waals surface area contributed by atoms with E-state index >= 15 is 0 Å². The lowest BCUT2D eigenvalue weighted by Crippen LogP contribution is -2.23. The lowest BCUT2D eigenvalue weighted by Gasteiger charge is -2.02. The van der Waals surface area contributed by atoms with Crippen molar-refractivity contribution >= 4 is 12.0 Å². The standard InChI is InChI=1S/C15H21N5O/c1-3-19-12-14(10-18-19)5-6-15(21)16-7-4-8-20-11-13(2)9-17-20/h5-6,9-12H,3-4,7-8H2,1-2H3,(H,16,21)/b6-5+. The van der Waals surface area contributed by atoms with E-state index in [4.69, 9.17) is 0 Å². The highest BCUT2D eigenvalue weighted by atomic mass is 16.1. The molecule has 2 aromatic heterocycles. The van der Waals surface area contributed by atoms with Gasteiger partial charge in [0.25, 0.3) is 0 Å². The van der Waals surface area contributed by atoms with Crippen molar-refractivity contribution in [2.24, 2.45) is 0 Å².